The topological polar surface area (TPSA) is 52.3 Å². The molecule has 3 nitrogen and oxygen atoms in total. The summed E-state index contributed by atoms with van der Waals surface area (Å²) in [5, 5.41) is 0. The molecule has 0 aromatic rings. The van der Waals surface area contributed by atoms with Crippen molar-refractivity contribution >= 4 is 5.97 Å². The fourth-order valence-electron chi connectivity index (χ4n) is 1.87. The Balaban J connectivity index is 2.27. The Morgan fingerprint density at radius 3 is 2.27 bits per heavy atom. The van der Waals surface area contributed by atoms with Crippen LogP contribution in [-0.2, 0) is 9.53 Å². The van der Waals surface area contributed by atoms with Gasteiger partial charge < -0.3 is 10.5 Å². The molecule has 3 heteroatoms. The lowest BCUT2D eigenvalue weighted by molar-refractivity contribution is -0.152. The lowest BCUT2D eigenvalue weighted by atomic mass is 9.91. The van der Waals surface area contributed by atoms with Gasteiger partial charge in [-0.05, 0) is 31.1 Å². The number of ether oxygens (including phenoxy) is 1. The van der Waals surface area contributed by atoms with Crippen LogP contribution in [-0.4, -0.2) is 18.1 Å². The highest BCUT2D eigenvalue weighted by Crippen LogP contribution is 2.23. The van der Waals surface area contributed by atoms with E-state index in [9.17, 15) is 4.79 Å². The Kier molecular flexibility index (Phi) is 4.14. The van der Waals surface area contributed by atoms with E-state index in [1.807, 2.05) is 20.8 Å². The van der Waals surface area contributed by atoms with E-state index in [2.05, 4.69) is 0 Å². The maximum absolute atomic E-state index is 11.6. The van der Waals surface area contributed by atoms with Crippen LogP contribution in [0.25, 0.3) is 0 Å². The molecule has 0 aliphatic heterocycles. The van der Waals surface area contributed by atoms with Gasteiger partial charge in [0.2, 0.25) is 0 Å². The number of hydrogen-bond acceptors (Lipinski definition) is 3. The second kappa shape index (κ2) is 4.97. The molecule has 1 rings (SSSR count). The van der Waals surface area contributed by atoms with Gasteiger partial charge in [0.15, 0.2) is 0 Å². The van der Waals surface area contributed by atoms with Crippen molar-refractivity contribution in [3.05, 3.63) is 0 Å². The Hall–Kier alpha value is -0.570. The van der Waals surface area contributed by atoms with E-state index in [4.69, 9.17) is 10.5 Å². The van der Waals surface area contributed by atoms with Crippen molar-refractivity contribution in [3.63, 3.8) is 0 Å². The van der Waals surface area contributed by atoms with Crippen molar-refractivity contribution in [2.24, 2.45) is 11.1 Å². The number of rotatable bonds is 2. The molecule has 1 fully saturated rings. The van der Waals surface area contributed by atoms with Crippen molar-refractivity contribution in [2.45, 2.75) is 65.0 Å². The molecule has 0 radical (unpaired) electrons. The summed E-state index contributed by atoms with van der Waals surface area (Å²) >= 11 is 0. The molecule has 1 aliphatic carbocycles. The van der Waals surface area contributed by atoms with Gasteiger partial charge in [0, 0.05) is 6.04 Å². The molecule has 0 heterocycles. The summed E-state index contributed by atoms with van der Waals surface area (Å²) in [6.45, 7) is 6.14. The van der Waals surface area contributed by atoms with E-state index >= 15 is 0 Å². The van der Waals surface area contributed by atoms with Crippen molar-refractivity contribution < 1.29 is 9.53 Å². The summed E-state index contributed by atoms with van der Waals surface area (Å²) in [6.07, 6.45) is 4.42. The largest absolute Gasteiger partial charge is 0.462 e. The van der Waals surface area contributed by atoms with Gasteiger partial charge in [-0.3, -0.25) is 4.79 Å². The van der Waals surface area contributed by atoms with Crippen molar-refractivity contribution in [2.75, 3.05) is 0 Å². The Labute approximate surface area is 92.4 Å². The first kappa shape index (κ1) is 12.5. The van der Waals surface area contributed by atoms with Crippen LogP contribution in [0.2, 0.25) is 0 Å². The standard InChI is InChI=1S/C12H23NO2/c1-12(2,3)8-11(14)15-10-6-4-9(13)5-7-10/h9-10H,4-8,13H2,1-3H3. The highest BCUT2D eigenvalue weighted by Gasteiger charge is 2.24. The third-order valence-corrected chi connectivity index (χ3v) is 2.69. The van der Waals surface area contributed by atoms with E-state index in [1.54, 1.807) is 0 Å². The number of carbonyl (C=O) groups excluding carboxylic acids is 1. The highest BCUT2D eigenvalue weighted by molar-refractivity contribution is 5.70. The van der Waals surface area contributed by atoms with Gasteiger partial charge in [-0.15, -0.1) is 0 Å². The average molecular weight is 213 g/mol. The zero-order valence-electron chi connectivity index (χ0n) is 10.1. The van der Waals surface area contributed by atoms with Crippen LogP contribution in [0.1, 0.15) is 52.9 Å². The van der Waals surface area contributed by atoms with E-state index in [0.29, 0.717) is 12.5 Å². The predicted molar refractivity (Wildman–Crippen MR) is 60.4 cm³/mol. The predicted octanol–water partition coefficient (Wildman–Crippen LogP) is 2.24. The first-order chi connectivity index (χ1) is 6.87. The van der Waals surface area contributed by atoms with Crippen molar-refractivity contribution in [1.82, 2.24) is 0 Å². The molecule has 0 spiro atoms. The van der Waals surface area contributed by atoms with Crippen LogP contribution in [0.4, 0.5) is 0 Å². The summed E-state index contributed by atoms with van der Waals surface area (Å²) in [5.41, 5.74) is 5.81. The third-order valence-electron chi connectivity index (χ3n) is 2.69. The average Bonchev–Trinajstić information content (AvgIpc) is 2.05. The molecule has 0 aromatic carbocycles. The Bertz CT molecular complexity index is 212. The minimum absolute atomic E-state index is 0.0160. The first-order valence-electron chi connectivity index (χ1n) is 5.82. The summed E-state index contributed by atoms with van der Waals surface area (Å²) in [5.74, 6) is -0.0667. The molecule has 0 atom stereocenters. The summed E-state index contributed by atoms with van der Waals surface area (Å²) in [4.78, 5) is 11.6. The Morgan fingerprint density at radius 2 is 1.80 bits per heavy atom. The van der Waals surface area contributed by atoms with Gasteiger partial charge in [-0.25, -0.2) is 0 Å². The number of hydrogen-bond donors (Lipinski definition) is 1. The van der Waals surface area contributed by atoms with Gasteiger partial charge >= 0.3 is 5.97 Å². The van der Waals surface area contributed by atoms with E-state index in [1.165, 1.54) is 0 Å². The van der Waals surface area contributed by atoms with Crippen LogP contribution in [0.5, 0.6) is 0 Å². The number of esters is 1. The van der Waals surface area contributed by atoms with Gasteiger partial charge in [0.05, 0.1) is 6.42 Å². The van der Waals surface area contributed by atoms with Crippen LogP contribution in [0.3, 0.4) is 0 Å². The van der Waals surface area contributed by atoms with E-state index < -0.39 is 0 Å². The normalized spacial score (nSPS) is 27.5. The maximum atomic E-state index is 11.6. The third kappa shape index (κ3) is 5.17. The zero-order valence-corrected chi connectivity index (χ0v) is 10.1. The lowest BCUT2D eigenvalue weighted by Gasteiger charge is -2.27. The molecule has 0 unspecified atom stereocenters. The van der Waals surface area contributed by atoms with Crippen molar-refractivity contribution in [1.29, 1.82) is 0 Å². The summed E-state index contributed by atoms with van der Waals surface area (Å²) in [6, 6.07) is 0.308. The first-order valence-corrected chi connectivity index (χ1v) is 5.82. The monoisotopic (exact) mass is 213 g/mol. The Morgan fingerprint density at radius 1 is 1.27 bits per heavy atom. The molecule has 1 saturated carbocycles. The number of nitrogens with two attached hydrogens (primary N) is 1. The molecule has 0 aromatic heterocycles. The molecule has 0 saturated heterocycles. The van der Waals surface area contributed by atoms with Gasteiger partial charge in [0.1, 0.15) is 6.10 Å². The quantitative estimate of drug-likeness (QED) is 0.716. The van der Waals surface area contributed by atoms with Crippen LogP contribution in [0, 0.1) is 5.41 Å². The second-order valence-electron chi connectivity index (χ2n) is 5.76. The molecule has 1 aliphatic rings. The number of carbonyl (C=O) groups is 1. The smallest absolute Gasteiger partial charge is 0.306 e. The zero-order chi connectivity index (χ0) is 11.5. The molecule has 0 bridgehead atoms. The lowest BCUT2D eigenvalue weighted by Crippen LogP contribution is -2.32. The second-order valence-corrected chi connectivity index (χ2v) is 5.76. The molecule has 15 heavy (non-hydrogen) atoms. The molecule has 0 amide bonds. The summed E-state index contributed by atoms with van der Waals surface area (Å²) < 4.78 is 5.42. The molecule has 2 N–H and O–H groups in total. The fourth-order valence-corrected chi connectivity index (χ4v) is 1.87. The maximum Gasteiger partial charge on any atom is 0.306 e. The molecular weight excluding hydrogens is 190 g/mol. The molecular formula is C12H23NO2. The van der Waals surface area contributed by atoms with E-state index in [0.717, 1.165) is 25.7 Å². The van der Waals surface area contributed by atoms with Gasteiger partial charge in [-0.1, -0.05) is 20.8 Å². The summed E-state index contributed by atoms with van der Waals surface area (Å²) in [7, 11) is 0. The molecule has 88 valence electrons. The minimum Gasteiger partial charge on any atom is -0.462 e. The van der Waals surface area contributed by atoms with E-state index in [-0.39, 0.29) is 17.5 Å². The van der Waals surface area contributed by atoms with Crippen LogP contribution in [0.15, 0.2) is 0 Å². The van der Waals surface area contributed by atoms with Gasteiger partial charge in [-0.2, -0.15) is 0 Å². The fraction of sp³-hybridized carbons (Fsp3) is 0.917. The van der Waals surface area contributed by atoms with Gasteiger partial charge in [0.25, 0.3) is 0 Å². The SMILES string of the molecule is CC(C)(C)CC(=O)OC1CCC(N)CC1. The van der Waals surface area contributed by atoms with Crippen LogP contribution < -0.4 is 5.73 Å². The van der Waals surface area contributed by atoms with Crippen molar-refractivity contribution in [3.8, 4) is 0 Å². The minimum atomic E-state index is -0.0667. The van der Waals surface area contributed by atoms with Crippen LogP contribution >= 0.6 is 0 Å². The highest BCUT2D eigenvalue weighted by atomic mass is 16.5.